The average Bonchev–Trinajstić information content (AvgIpc) is 3.04. The fourth-order valence-electron chi connectivity index (χ4n) is 5.46. The molecule has 2 aliphatic rings. The Morgan fingerprint density at radius 1 is 0.536 bits per heavy atom. The van der Waals surface area contributed by atoms with Crippen LogP contribution in [0.4, 0.5) is 0 Å². The molecule has 2 heteroatoms. The van der Waals surface area contributed by atoms with Crippen LogP contribution in [-0.2, 0) is 11.2 Å². The van der Waals surface area contributed by atoms with Crippen molar-refractivity contribution in [3.05, 3.63) is 95.1 Å². The molecule has 4 aromatic rings. The third-order valence-electron chi connectivity index (χ3n) is 6.62. The van der Waals surface area contributed by atoms with Gasteiger partial charge in [0.1, 0.15) is 11.2 Å². The molecule has 6 rings (SSSR count). The van der Waals surface area contributed by atoms with Gasteiger partial charge in [-0.2, -0.15) is 0 Å². The maximum atomic E-state index is 11.7. The fraction of sp³-hybridized carbons (Fsp3) is 0.154. The highest BCUT2D eigenvalue weighted by Crippen LogP contribution is 2.58. The molecule has 0 spiro atoms. The fourth-order valence-corrected chi connectivity index (χ4v) is 5.46. The number of hydrogen-bond donors (Lipinski definition) is 2. The molecule has 0 fully saturated rings. The average molecular weight is 364 g/mol. The summed E-state index contributed by atoms with van der Waals surface area (Å²) in [5.41, 5.74) is 3.11. The molecule has 0 aliphatic heterocycles. The second-order valence-corrected chi connectivity index (χ2v) is 8.31. The lowest BCUT2D eigenvalue weighted by molar-refractivity contribution is 0.113. The minimum Gasteiger partial charge on any atom is -0.381 e. The Morgan fingerprint density at radius 3 is 1.29 bits per heavy atom. The summed E-state index contributed by atoms with van der Waals surface area (Å²) in [6.07, 6.45) is 0. The van der Waals surface area contributed by atoms with E-state index < -0.39 is 11.2 Å². The predicted octanol–water partition coefficient (Wildman–Crippen LogP) is 5.35. The van der Waals surface area contributed by atoms with Crippen molar-refractivity contribution < 1.29 is 10.2 Å². The van der Waals surface area contributed by atoms with Crippen molar-refractivity contribution in [2.24, 2.45) is 0 Å². The number of rotatable bonds is 0. The lowest BCUT2D eigenvalue weighted by Gasteiger charge is -2.29. The van der Waals surface area contributed by atoms with Crippen LogP contribution in [-0.4, -0.2) is 10.2 Å². The Labute approximate surface area is 163 Å². The molecule has 0 heterocycles. The second kappa shape index (κ2) is 4.91. The highest BCUT2D eigenvalue weighted by molar-refractivity contribution is 6.17. The van der Waals surface area contributed by atoms with E-state index in [0.29, 0.717) is 0 Å². The quantitative estimate of drug-likeness (QED) is 0.442. The predicted molar refractivity (Wildman–Crippen MR) is 114 cm³/mol. The Kier molecular flexibility index (Phi) is 2.81. The standard InChI is InChI=1S/C26H20O2/c1-25(27)19-13-5-9-15-7-3-11-17(21(15)19)23(25)24-18-12-4-8-16-10-6-14-20(22(16)18)26(24,2)28/h3-14,27-28H,1-2H3/b24-23+. The highest BCUT2D eigenvalue weighted by atomic mass is 16.3. The Morgan fingerprint density at radius 2 is 0.893 bits per heavy atom. The minimum absolute atomic E-state index is 0.813. The van der Waals surface area contributed by atoms with Gasteiger partial charge in [-0.05, 0) is 57.6 Å². The first-order valence-corrected chi connectivity index (χ1v) is 9.67. The van der Waals surface area contributed by atoms with Crippen LogP contribution in [0.15, 0.2) is 72.8 Å². The van der Waals surface area contributed by atoms with E-state index in [9.17, 15) is 10.2 Å². The van der Waals surface area contributed by atoms with Gasteiger partial charge in [0.2, 0.25) is 0 Å². The normalized spacial score (nSPS) is 27.9. The largest absolute Gasteiger partial charge is 0.381 e. The van der Waals surface area contributed by atoms with Crippen molar-refractivity contribution in [1.29, 1.82) is 0 Å². The van der Waals surface area contributed by atoms with Gasteiger partial charge in [0.05, 0.1) is 0 Å². The monoisotopic (exact) mass is 364 g/mol. The van der Waals surface area contributed by atoms with Crippen LogP contribution in [0, 0.1) is 0 Å². The smallest absolute Gasteiger partial charge is 0.113 e. The molecule has 4 aromatic carbocycles. The molecule has 2 N–H and O–H groups in total. The lowest BCUT2D eigenvalue weighted by Crippen LogP contribution is -2.26. The second-order valence-electron chi connectivity index (χ2n) is 8.31. The summed E-state index contributed by atoms with van der Waals surface area (Å²) < 4.78 is 0. The summed E-state index contributed by atoms with van der Waals surface area (Å²) in [5, 5.41) is 27.9. The maximum Gasteiger partial charge on any atom is 0.113 e. The molecule has 0 radical (unpaired) electrons. The van der Waals surface area contributed by atoms with Gasteiger partial charge in [-0.3, -0.25) is 0 Å². The van der Waals surface area contributed by atoms with E-state index in [1.165, 1.54) is 0 Å². The lowest BCUT2D eigenvalue weighted by atomic mass is 9.81. The van der Waals surface area contributed by atoms with E-state index in [1.54, 1.807) is 0 Å². The zero-order chi connectivity index (χ0) is 19.3. The van der Waals surface area contributed by atoms with E-state index in [0.717, 1.165) is 54.9 Å². The molecule has 28 heavy (non-hydrogen) atoms. The van der Waals surface area contributed by atoms with Gasteiger partial charge in [-0.1, -0.05) is 72.8 Å². The van der Waals surface area contributed by atoms with Crippen LogP contribution in [0.5, 0.6) is 0 Å². The third-order valence-corrected chi connectivity index (χ3v) is 6.62. The molecular weight excluding hydrogens is 344 g/mol. The van der Waals surface area contributed by atoms with E-state index in [-0.39, 0.29) is 0 Å². The molecule has 0 amide bonds. The Balaban J connectivity index is 1.83. The highest BCUT2D eigenvalue weighted by Gasteiger charge is 2.47. The van der Waals surface area contributed by atoms with E-state index in [2.05, 4.69) is 36.4 Å². The molecule has 2 unspecified atom stereocenters. The van der Waals surface area contributed by atoms with Gasteiger partial charge < -0.3 is 10.2 Å². The van der Waals surface area contributed by atoms with Crippen LogP contribution in [0.25, 0.3) is 32.7 Å². The summed E-state index contributed by atoms with van der Waals surface area (Å²) in [6.45, 7) is 3.70. The van der Waals surface area contributed by atoms with E-state index in [1.807, 2.05) is 50.2 Å². The van der Waals surface area contributed by atoms with Crippen LogP contribution in [0.1, 0.15) is 36.1 Å². The van der Waals surface area contributed by atoms with Gasteiger partial charge in [0.25, 0.3) is 0 Å². The topological polar surface area (TPSA) is 40.5 Å². The van der Waals surface area contributed by atoms with Crippen molar-refractivity contribution in [1.82, 2.24) is 0 Å². The summed E-state index contributed by atoms with van der Waals surface area (Å²) >= 11 is 0. The molecule has 2 atom stereocenters. The molecule has 2 nitrogen and oxygen atoms in total. The van der Waals surface area contributed by atoms with Crippen LogP contribution in [0.2, 0.25) is 0 Å². The van der Waals surface area contributed by atoms with Crippen LogP contribution >= 0.6 is 0 Å². The third kappa shape index (κ3) is 1.71. The molecule has 0 saturated heterocycles. The van der Waals surface area contributed by atoms with E-state index in [4.69, 9.17) is 0 Å². The van der Waals surface area contributed by atoms with Gasteiger partial charge in [-0.15, -0.1) is 0 Å². The first kappa shape index (κ1) is 16.1. The van der Waals surface area contributed by atoms with Crippen molar-refractivity contribution in [2.45, 2.75) is 25.0 Å². The van der Waals surface area contributed by atoms with Crippen LogP contribution < -0.4 is 0 Å². The van der Waals surface area contributed by atoms with E-state index >= 15 is 0 Å². The summed E-state index contributed by atoms with van der Waals surface area (Å²) in [6, 6.07) is 24.5. The molecule has 0 aromatic heterocycles. The van der Waals surface area contributed by atoms with Gasteiger partial charge in [0, 0.05) is 11.1 Å². The maximum absolute atomic E-state index is 11.7. The summed E-state index contributed by atoms with van der Waals surface area (Å²) in [7, 11) is 0. The van der Waals surface area contributed by atoms with Crippen molar-refractivity contribution in [3.63, 3.8) is 0 Å². The molecule has 2 aliphatic carbocycles. The summed E-state index contributed by atoms with van der Waals surface area (Å²) in [4.78, 5) is 0. The number of aliphatic hydroxyl groups is 2. The van der Waals surface area contributed by atoms with Gasteiger partial charge in [-0.25, -0.2) is 0 Å². The molecular formula is C26H20O2. The molecule has 0 saturated carbocycles. The van der Waals surface area contributed by atoms with Crippen molar-refractivity contribution in [3.8, 4) is 0 Å². The summed E-state index contributed by atoms with van der Waals surface area (Å²) in [5.74, 6) is 0. The number of benzene rings is 4. The zero-order valence-electron chi connectivity index (χ0n) is 15.8. The van der Waals surface area contributed by atoms with Crippen LogP contribution in [0.3, 0.4) is 0 Å². The van der Waals surface area contributed by atoms with Gasteiger partial charge in [0.15, 0.2) is 0 Å². The van der Waals surface area contributed by atoms with Gasteiger partial charge >= 0.3 is 0 Å². The Hall–Kier alpha value is -2.94. The first-order chi connectivity index (χ1) is 13.4. The molecule has 136 valence electrons. The van der Waals surface area contributed by atoms with Crippen molar-refractivity contribution in [2.75, 3.05) is 0 Å². The van der Waals surface area contributed by atoms with Crippen molar-refractivity contribution >= 4 is 32.7 Å². The number of hydrogen-bond acceptors (Lipinski definition) is 2. The SMILES string of the molecule is CC1(O)/C(=C2\c3cccc4cccc(c34)C2(C)O)c2cccc3cccc1c23. The first-order valence-electron chi connectivity index (χ1n) is 9.67. The minimum atomic E-state index is -1.17. The molecule has 0 bridgehead atoms. The Bertz CT molecular complexity index is 1240. The zero-order valence-corrected chi connectivity index (χ0v) is 15.8.